The average molecular weight is 301 g/mol. The van der Waals surface area contributed by atoms with Gasteiger partial charge in [-0.15, -0.1) is 0 Å². The van der Waals surface area contributed by atoms with E-state index >= 15 is 0 Å². The van der Waals surface area contributed by atoms with Crippen LogP contribution >= 0.6 is 0 Å². The highest BCUT2D eigenvalue weighted by atomic mass is 32.2. The van der Waals surface area contributed by atoms with Gasteiger partial charge in [-0.3, -0.25) is 9.52 Å². The Kier molecular flexibility index (Phi) is 6.30. The minimum atomic E-state index is -3.57. The van der Waals surface area contributed by atoms with E-state index in [2.05, 4.69) is 4.72 Å². The fourth-order valence-corrected chi connectivity index (χ4v) is 2.65. The molecular formula is C13H19NO5S. The number of hydrogen-bond donors (Lipinski definition) is 2. The van der Waals surface area contributed by atoms with Crippen LogP contribution in [0.15, 0.2) is 24.3 Å². The Balaban J connectivity index is 2.68. The van der Waals surface area contributed by atoms with Crippen LogP contribution in [0.2, 0.25) is 0 Å². The summed E-state index contributed by atoms with van der Waals surface area (Å²) in [7, 11) is -3.57. The molecule has 0 spiro atoms. The molecule has 0 saturated heterocycles. The van der Waals surface area contributed by atoms with Crippen LogP contribution < -0.4 is 9.46 Å². The van der Waals surface area contributed by atoms with E-state index in [1.807, 2.05) is 6.92 Å². The summed E-state index contributed by atoms with van der Waals surface area (Å²) in [6, 6.07) is 6.76. The number of benzene rings is 1. The predicted octanol–water partition coefficient (Wildman–Crippen LogP) is 2.08. The van der Waals surface area contributed by atoms with Crippen molar-refractivity contribution in [3.8, 4) is 5.75 Å². The Hall–Kier alpha value is -1.76. The number of aliphatic carboxylic acids is 1. The van der Waals surface area contributed by atoms with Crippen LogP contribution in [-0.4, -0.2) is 31.9 Å². The summed E-state index contributed by atoms with van der Waals surface area (Å²) in [5.74, 6) is -0.774. The lowest BCUT2D eigenvalue weighted by Gasteiger charge is -2.12. The quantitative estimate of drug-likeness (QED) is 0.728. The van der Waals surface area contributed by atoms with Gasteiger partial charge in [-0.05, 0) is 25.0 Å². The molecule has 1 aromatic carbocycles. The Morgan fingerprint density at radius 2 is 2.05 bits per heavy atom. The lowest BCUT2D eigenvalue weighted by Crippen LogP contribution is -2.18. The largest absolute Gasteiger partial charge is 0.491 e. The predicted molar refractivity (Wildman–Crippen MR) is 76.5 cm³/mol. The molecule has 0 aliphatic carbocycles. The minimum Gasteiger partial charge on any atom is -0.491 e. The van der Waals surface area contributed by atoms with Crippen LogP contribution in [0.4, 0.5) is 5.69 Å². The monoisotopic (exact) mass is 301 g/mol. The molecule has 0 radical (unpaired) electrons. The lowest BCUT2D eigenvalue weighted by atomic mass is 10.3. The topological polar surface area (TPSA) is 92.7 Å². The van der Waals surface area contributed by atoms with Crippen LogP contribution in [-0.2, 0) is 14.8 Å². The third kappa shape index (κ3) is 5.92. The third-order valence-electron chi connectivity index (χ3n) is 2.42. The number of carbonyl (C=O) groups is 1. The molecule has 0 aliphatic rings. The van der Waals surface area contributed by atoms with E-state index in [0.717, 1.165) is 6.42 Å². The highest BCUT2D eigenvalue weighted by Crippen LogP contribution is 2.25. The van der Waals surface area contributed by atoms with Gasteiger partial charge in [0.2, 0.25) is 10.0 Å². The second-order valence-electron chi connectivity index (χ2n) is 4.26. The summed E-state index contributed by atoms with van der Waals surface area (Å²) in [5.41, 5.74) is 0.372. The first-order chi connectivity index (χ1) is 9.44. The van der Waals surface area contributed by atoms with Crippen molar-refractivity contribution < 1.29 is 23.1 Å². The summed E-state index contributed by atoms with van der Waals surface area (Å²) in [6.07, 6.45) is 0.719. The highest BCUT2D eigenvalue weighted by molar-refractivity contribution is 7.92. The number of anilines is 1. The molecule has 7 heteroatoms. The second-order valence-corrected chi connectivity index (χ2v) is 6.10. The van der Waals surface area contributed by atoms with Gasteiger partial charge in [-0.25, -0.2) is 8.42 Å². The van der Waals surface area contributed by atoms with Gasteiger partial charge >= 0.3 is 5.97 Å². The zero-order valence-corrected chi connectivity index (χ0v) is 12.1. The maximum atomic E-state index is 11.8. The van der Waals surface area contributed by atoms with Gasteiger partial charge in [0, 0.05) is 6.42 Å². The number of carboxylic acid groups (broad SMARTS) is 1. The number of ether oxygens (including phenoxy) is 1. The van der Waals surface area contributed by atoms with Crippen molar-refractivity contribution in [1.29, 1.82) is 0 Å². The fraction of sp³-hybridized carbons (Fsp3) is 0.462. The molecule has 0 bridgehead atoms. The van der Waals surface area contributed by atoms with Crippen molar-refractivity contribution in [2.24, 2.45) is 0 Å². The number of para-hydroxylation sites is 2. The Morgan fingerprint density at radius 3 is 2.70 bits per heavy atom. The summed E-state index contributed by atoms with van der Waals surface area (Å²) in [5, 5.41) is 8.51. The zero-order valence-electron chi connectivity index (χ0n) is 11.3. The van der Waals surface area contributed by atoms with Gasteiger partial charge in [-0.1, -0.05) is 19.1 Å². The van der Waals surface area contributed by atoms with Crippen LogP contribution in [0.5, 0.6) is 5.75 Å². The number of nitrogens with one attached hydrogen (secondary N) is 1. The minimum absolute atomic E-state index is 0.0721. The molecule has 112 valence electrons. The standard InChI is InChI=1S/C13H19NO5S/c1-2-9-19-12-7-4-3-6-11(12)14-20(17,18)10-5-8-13(15)16/h3-4,6-7,14H,2,5,8-10H2,1H3,(H,15,16). The molecule has 0 atom stereocenters. The Labute approximate surface area is 118 Å². The fourth-order valence-electron chi connectivity index (χ4n) is 1.52. The van der Waals surface area contributed by atoms with E-state index in [-0.39, 0.29) is 18.6 Å². The number of hydrogen-bond acceptors (Lipinski definition) is 4. The highest BCUT2D eigenvalue weighted by Gasteiger charge is 2.14. The first kappa shape index (κ1) is 16.3. The van der Waals surface area contributed by atoms with E-state index < -0.39 is 16.0 Å². The molecule has 0 fully saturated rings. The van der Waals surface area contributed by atoms with E-state index in [1.54, 1.807) is 24.3 Å². The van der Waals surface area contributed by atoms with Gasteiger partial charge in [0.25, 0.3) is 0 Å². The van der Waals surface area contributed by atoms with Crippen molar-refractivity contribution in [2.45, 2.75) is 26.2 Å². The average Bonchev–Trinajstić information content (AvgIpc) is 2.36. The van der Waals surface area contributed by atoms with Crippen molar-refractivity contribution >= 4 is 21.7 Å². The summed E-state index contributed by atoms with van der Waals surface area (Å²) < 4.78 is 31.6. The Morgan fingerprint density at radius 1 is 1.35 bits per heavy atom. The van der Waals surface area contributed by atoms with Gasteiger partial charge in [0.1, 0.15) is 5.75 Å². The van der Waals surface area contributed by atoms with Gasteiger partial charge in [-0.2, -0.15) is 0 Å². The Bertz CT molecular complexity index is 541. The van der Waals surface area contributed by atoms with Gasteiger partial charge < -0.3 is 9.84 Å². The maximum absolute atomic E-state index is 11.8. The van der Waals surface area contributed by atoms with E-state index in [1.165, 1.54) is 0 Å². The lowest BCUT2D eigenvalue weighted by molar-refractivity contribution is -0.137. The second kappa shape index (κ2) is 7.74. The molecular weight excluding hydrogens is 282 g/mol. The van der Waals surface area contributed by atoms with Crippen molar-refractivity contribution in [3.05, 3.63) is 24.3 Å². The number of rotatable bonds is 9. The first-order valence-corrected chi connectivity index (χ1v) is 8.04. The van der Waals surface area contributed by atoms with Gasteiger partial charge in [0.05, 0.1) is 18.0 Å². The maximum Gasteiger partial charge on any atom is 0.303 e. The van der Waals surface area contributed by atoms with Crippen molar-refractivity contribution in [3.63, 3.8) is 0 Å². The van der Waals surface area contributed by atoms with E-state index in [9.17, 15) is 13.2 Å². The van der Waals surface area contributed by atoms with E-state index in [0.29, 0.717) is 18.0 Å². The molecule has 1 aromatic rings. The van der Waals surface area contributed by atoms with Crippen LogP contribution in [0.3, 0.4) is 0 Å². The molecule has 20 heavy (non-hydrogen) atoms. The van der Waals surface area contributed by atoms with Crippen molar-refractivity contribution in [1.82, 2.24) is 0 Å². The summed E-state index contributed by atoms with van der Waals surface area (Å²) >= 11 is 0. The smallest absolute Gasteiger partial charge is 0.303 e. The van der Waals surface area contributed by atoms with Crippen LogP contribution in [0.25, 0.3) is 0 Å². The van der Waals surface area contributed by atoms with Gasteiger partial charge in [0.15, 0.2) is 0 Å². The molecule has 0 saturated carbocycles. The number of sulfonamides is 1. The van der Waals surface area contributed by atoms with Crippen LogP contribution in [0.1, 0.15) is 26.2 Å². The zero-order chi connectivity index (χ0) is 15.0. The molecule has 1 rings (SSSR count). The number of carboxylic acids is 1. The molecule has 0 aromatic heterocycles. The summed E-state index contributed by atoms with van der Waals surface area (Å²) in [4.78, 5) is 10.4. The molecule has 0 unspecified atom stereocenters. The van der Waals surface area contributed by atoms with Crippen LogP contribution in [0, 0.1) is 0 Å². The molecule has 2 N–H and O–H groups in total. The SMILES string of the molecule is CCCOc1ccccc1NS(=O)(=O)CCCC(=O)O. The molecule has 0 heterocycles. The third-order valence-corrected chi connectivity index (χ3v) is 3.77. The first-order valence-electron chi connectivity index (χ1n) is 6.38. The molecule has 0 aliphatic heterocycles. The molecule has 0 amide bonds. The summed E-state index contributed by atoms with van der Waals surface area (Å²) in [6.45, 7) is 2.45. The van der Waals surface area contributed by atoms with Crippen molar-refractivity contribution in [2.75, 3.05) is 17.1 Å². The van der Waals surface area contributed by atoms with E-state index in [4.69, 9.17) is 9.84 Å². The molecule has 6 nitrogen and oxygen atoms in total. The normalized spacial score (nSPS) is 11.1.